The zero-order valence-corrected chi connectivity index (χ0v) is 17.2. The van der Waals surface area contributed by atoms with Crippen LogP contribution in [0.1, 0.15) is 12.5 Å². The molecule has 0 aliphatic heterocycles. The van der Waals surface area contributed by atoms with Gasteiger partial charge >= 0.3 is 0 Å². The van der Waals surface area contributed by atoms with Gasteiger partial charge in [-0.2, -0.15) is 0 Å². The van der Waals surface area contributed by atoms with E-state index in [0.717, 1.165) is 0 Å². The number of nitrogens with zero attached hydrogens (tertiary/aromatic N) is 1. The molecule has 0 saturated carbocycles. The van der Waals surface area contributed by atoms with Gasteiger partial charge in [0.05, 0.1) is 4.47 Å². The van der Waals surface area contributed by atoms with Crippen molar-refractivity contribution >= 4 is 39.3 Å². The molecule has 0 saturated heterocycles. The van der Waals surface area contributed by atoms with Gasteiger partial charge in [-0.1, -0.05) is 23.7 Å². The van der Waals surface area contributed by atoms with E-state index < -0.39 is 6.04 Å². The smallest absolute Gasteiger partial charge is 0.261 e. The van der Waals surface area contributed by atoms with Crippen LogP contribution < -0.4 is 10.1 Å². The summed E-state index contributed by atoms with van der Waals surface area (Å²) >= 11 is 9.22. The molecule has 0 bridgehead atoms. The Bertz CT molecular complexity index is 817. The summed E-state index contributed by atoms with van der Waals surface area (Å²) in [5.74, 6) is -0.593. The van der Waals surface area contributed by atoms with Crippen molar-refractivity contribution in [1.29, 1.82) is 0 Å². The minimum Gasteiger partial charge on any atom is -0.483 e. The van der Waals surface area contributed by atoms with E-state index >= 15 is 0 Å². The molecule has 1 N–H and O–H groups in total. The van der Waals surface area contributed by atoms with Gasteiger partial charge in [0.25, 0.3) is 5.91 Å². The number of rotatable bonds is 7. The highest BCUT2D eigenvalue weighted by molar-refractivity contribution is 9.10. The summed E-state index contributed by atoms with van der Waals surface area (Å²) in [6.45, 7) is 1.51. The molecular formula is C19H19BrClFN2O3. The molecule has 27 heavy (non-hydrogen) atoms. The van der Waals surface area contributed by atoms with Gasteiger partial charge in [-0.25, -0.2) is 4.39 Å². The number of hydrogen-bond acceptors (Lipinski definition) is 3. The highest BCUT2D eigenvalue weighted by Gasteiger charge is 2.26. The van der Waals surface area contributed by atoms with Gasteiger partial charge in [0.2, 0.25) is 5.91 Å². The molecular weight excluding hydrogens is 439 g/mol. The molecule has 0 unspecified atom stereocenters. The Labute approximate surface area is 170 Å². The van der Waals surface area contributed by atoms with E-state index in [9.17, 15) is 14.0 Å². The number of carbonyl (C=O) groups is 2. The van der Waals surface area contributed by atoms with Gasteiger partial charge in [-0.3, -0.25) is 9.59 Å². The standard InChI is InChI=1S/C19H19BrClFN2O3/c1-12(19(26)23-2)24(10-13-3-6-15(22)7-4-13)18(25)11-27-17-8-5-14(21)9-16(17)20/h3-9,12H,10-11H2,1-2H3,(H,23,26)/t12-/m0/s1. The Hall–Kier alpha value is -2.12. The molecule has 0 spiro atoms. The molecule has 5 nitrogen and oxygen atoms in total. The molecule has 1 atom stereocenters. The Kier molecular flexibility index (Phi) is 7.62. The fraction of sp³-hybridized carbons (Fsp3) is 0.263. The van der Waals surface area contributed by atoms with Crippen molar-refractivity contribution in [3.05, 3.63) is 63.3 Å². The molecule has 0 heterocycles. The summed E-state index contributed by atoms with van der Waals surface area (Å²) in [6, 6.07) is 10.00. The third-order valence-corrected chi connectivity index (χ3v) is 4.78. The first kappa shape index (κ1) is 21.2. The first-order valence-corrected chi connectivity index (χ1v) is 9.32. The zero-order chi connectivity index (χ0) is 20.0. The van der Waals surface area contributed by atoms with Crippen LogP contribution in [0.5, 0.6) is 5.75 Å². The molecule has 2 rings (SSSR count). The molecule has 2 aromatic rings. The number of carbonyl (C=O) groups excluding carboxylic acids is 2. The normalized spacial score (nSPS) is 11.6. The minimum absolute atomic E-state index is 0.152. The van der Waals surface area contributed by atoms with Crippen molar-refractivity contribution in [2.24, 2.45) is 0 Å². The lowest BCUT2D eigenvalue weighted by Gasteiger charge is -2.28. The molecule has 0 aliphatic rings. The number of amides is 2. The highest BCUT2D eigenvalue weighted by Crippen LogP contribution is 2.28. The fourth-order valence-corrected chi connectivity index (χ4v) is 3.19. The summed E-state index contributed by atoms with van der Waals surface area (Å²) in [6.07, 6.45) is 0. The third kappa shape index (κ3) is 5.94. The van der Waals surface area contributed by atoms with Crippen LogP contribution in [0, 0.1) is 5.82 Å². The van der Waals surface area contributed by atoms with E-state index in [1.165, 1.54) is 24.1 Å². The van der Waals surface area contributed by atoms with Gasteiger partial charge in [0, 0.05) is 18.6 Å². The maximum Gasteiger partial charge on any atom is 0.261 e. The van der Waals surface area contributed by atoms with Crippen molar-refractivity contribution in [3.8, 4) is 5.75 Å². The van der Waals surface area contributed by atoms with Gasteiger partial charge in [0.1, 0.15) is 17.6 Å². The molecule has 144 valence electrons. The van der Waals surface area contributed by atoms with Crippen molar-refractivity contribution in [1.82, 2.24) is 10.2 Å². The van der Waals surface area contributed by atoms with Crippen molar-refractivity contribution in [3.63, 3.8) is 0 Å². The number of halogens is 3. The first-order chi connectivity index (χ1) is 12.8. The van der Waals surface area contributed by atoms with E-state index in [4.69, 9.17) is 16.3 Å². The fourth-order valence-electron chi connectivity index (χ4n) is 2.39. The maximum absolute atomic E-state index is 13.1. The van der Waals surface area contributed by atoms with Crippen LogP contribution in [-0.2, 0) is 16.1 Å². The van der Waals surface area contributed by atoms with Crippen LogP contribution in [0.3, 0.4) is 0 Å². The Balaban J connectivity index is 2.14. The molecule has 8 heteroatoms. The number of ether oxygens (including phenoxy) is 1. The van der Waals surface area contributed by atoms with E-state index in [2.05, 4.69) is 21.2 Å². The minimum atomic E-state index is -0.718. The van der Waals surface area contributed by atoms with E-state index in [1.807, 2.05) is 0 Å². The van der Waals surface area contributed by atoms with Crippen LogP contribution in [0.15, 0.2) is 46.9 Å². The lowest BCUT2D eigenvalue weighted by atomic mass is 10.1. The average molecular weight is 458 g/mol. The molecule has 2 aromatic carbocycles. The third-order valence-electron chi connectivity index (χ3n) is 3.92. The molecule has 0 aromatic heterocycles. The van der Waals surface area contributed by atoms with Crippen molar-refractivity contribution < 1.29 is 18.7 Å². The lowest BCUT2D eigenvalue weighted by Crippen LogP contribution is -2.48. The van der Waals surface area contributed by atoms with E-state index in [-0.39, 0.29) is 30.8 Å². The van der Waals surface area contributed by atoms with Crippen LogP contribution in [0.25, 0.3) is 0 Å². The first-order valence-electron chi connectivity index (χ1n) is 8.15. The number of nitrogens with one attached hydrogen (secondary N) is 1. The quantitative estimate of drug-likeness (QED) is 0.688. The van der Waals surface area contributed by atoms with Crippen LogP contribution in [0.4, 0.5) is 4.39 Å². The van der Waals surface area contributed by atoms with Crippen LogP contribution in [-0.4, -0.2) is 36.4 Å². The van der Waals surface area contributed by atoms with Crippen LogP contribution >= 0.6 is 27.5 Å². The zero-order valence-electron chi connectivity index (χ0n) is 14.8. The second-order valence-electron chi connectivity index (χ2n) is 5.80. The van der Waals surface area contributed by atoms with Crippen LogP contribution in [0.2, 0.25) is 5.02 Å². The largest absolute Gasteiger partial charge is 0.483 e. The van der Waals surface area contributed by atoms with E-state index in [1.54, 1.807) is 37.3 Å². The summed E-state index contributed by atoms with van der Waals surface area (Å²) in [5.41, 5.74) is 0.702. The second-order valence-corrected chi connectivity index (χ2v) is 7.09. The molecule has 0 fully saturated rings. The van der Waals surface area contributed by atoms with Crippen molar-refractivity contribution in [2.75, 3.05) is 13.7 Å². The van der Waals surface area contributed by atoms with Gasteiger partial charge < -0.3 is 15.0 Å². The van der Waals surface area contributed by atoms with Crippen molar-refractivity contribution in [2.45, 2.75) is 19.5 Å². The lowest BCUT2D eigenvalue weighted by molar-refractivity contribution is -0.142. The SMILES string of the molecule is CNC(=O)[C@H](C)N(Cc1ccc(F)cc1)C(=O)COc1ccc(Cl)cc1Br. The maximum atomic E-state index is 13.1. The summed E-state index contributed by atoms with van der Waals surface area (Å²) < 4.78 is 19.3. The second kappa shape index (κ2) is 9.71. The van der Waals surface area contributed by atoms with E-state index in [0.29, 0.717) is 20.8 Å². The number of hydrogen-bond donors (Lipinski definition) is 1. The molecule has 2 amide bonds. The Morgan fingerprint density at radius 1 is 1.26 bits per heavy atom. The Morgan fingerprint density at radius 2 is 1.93 bits per heavy atom. The van der Waals surface area contributed by atoms with Gasteiger partial charge in [-0.05, 0) is 58.7 Å². The van der Waals surface area contributed by atoms with Gasteiger partial charge in [-0.15, -0.1) is 0 Å². The summed E-state index contributed by atoms with van der Waals surface area (Å²) in [4.78, 5) is 26.2. The molecule has 0 radical (unpaired) electrons. The molecule has 0 aliphatic carbocycles. The Morgan fingerprint density at radius 3 is 2.52 bits per heavy atom. The average Bonchev–Trinajstić information content (AvgIpc) is 2.65. The number of benzene rings is 2. The number of likely N-dealkylation sites (N-methyl/N-ethyl adjacent to an activating group) is 1. The van der Waals surface area contributed by atoms with Gasteiger partial charge in [0.15, 0.2) is 6.61 Å². The highest BCUT2D eigenvalue weighted by atomic mass is 79.9. The predicted octanol–water partition coefficient (Wildman–Crippen LogP) is 3.78. The summed E-state index contributed by atoms with van der Waals surface area (Å²) in [7, 11) is 1.50. The monoisotopic (exact) mass is 456 g/mol. The topological polar surface area (TPSA) is 58.6 Å². The predicted molar refractivity (Wildman–Crippen MR) is 105 cm³/mol. The summed E-state index contributed by atoms with van der Waals surface area (Å²) in [5, 5.41) is 3.06.